The average Bonchev–Trinajstić information content (AvgIpc) is 2.96. The third kappa shape index (κ3) is 13.7. The van der Waals surface area contributed by atoms with Crippen LogP contribution in [0.5, 0.6) is 0 Å². The maximum atomic E-state index is 9.75. The molecule has 0 radical (unpaired) electrons. The molecular weight excluding hydrogens is 367 g/mol. The lowest BCUT2D eigenvalue weighted by Crippen LogP contribution is -3.00. The number of nitrogens with zero attached hydrogens (tertiary/aromatic N) is 4. The van der Waals surface area contributed by atoms with Crippen LogP contribution < -0.4 is 26.1 Å². The predicted molar refractivity (Wildman–Crippen MR) is 72.8 cm³/mol. The number of rotatable bonds is 2. The van der Waals surface area contributed by atoms with Crippen LogP contribution in [0.3, 0.4) is 0 Å². The summed E-state index contributed by atoms with van der Waals surface area (Å²) in [5.74, 6) is 0. The van der Waals surface area contributed by atoms with Gasteiger partial charge in [-0.1, -0.05) is 0 Å². The van der Waals surface area contributed by atoms with Crippen LogP contribution >= 0.6 is 0 Å². The van der Waals surface area contributed by atoms with E-state index in [1.54, 1.807) is 0 Å². The molecule has 0 spiro atoms. The first-order chi connectivity index (χ1) is 9.65. The minimum absolute atomic E-state index is 0. The Hall–Kier alpha value is -1.32. The number of aromatic nitrogens is 4. The number of aryl methyl sites for hydroxylation is 4. The third-order valence-electron chi connectivity index (χ3n) is 2.38. The Morgan fingerprint density at radius 1 is 0.818 bits per heavy atom. The van der Waals surface area contributed by atoms with Crippen molar-refractivity contribution in [2.45, 2.75) is 26.9 Å². The first kappa shape index (κ1) is 23.0. The molecule has 0 aliphatic heterocycles. The highest BCUT2D eigenvalue weighted by molar-refractivity contribution is 6.50. The summed E-state index contributed by atoms with van der Waals surface area (Å²) in [6.07, 6.45) is 12.3. The summed E-state index contributed by atoms with van der Waals surface area (Å²) in [4.78, 5) is 0. The summed E-state index contributed by atoms with van der Waals surface area (Å²) in [6.45, 7) is 6.36. The van der Waals surface area contributed by atoms with Gasteiger partial charge in [0.15, 0.2) is 0 Å². The van der Waals surface area contributed by atoms with Crippen LogP contribution in [0, 0.1) is 0 Å². The van der Waals surface area contributed by atoms with Crippen molar-refractivity contribution in [1.82, 2.24) is 9.13 Å². The Morgan fingerprint density at radius 3 is 1.18 bits per heavy atom. The Labute approximate surface area is 138 Å². The van der Waals surface area contributed by atoms with Gasteiger partial charge in [0.2, 0.25) is 12.7 Å². The average molecular weight is 389 g/mol. The summed E-state index contributed by atoms with van der Waals surface area (Å²) in [6, 6.07) is 0. The molecule has 0 N–H and O–H groups in total. The van der Waals surface area contributed by atoms with Gasteiger partial charge in [0.05, 0.1) is 27.2 Å². The van der Waals surface area contributed by atoms with Crippen molar-refractivity contribution in [3.8, 4) is 0 Å². The Morgan fingerprint density at radius 2 is 1.09 bits per heavy atom. The van der Waals surface area contributed by atoms with E-state index in [2.05, 4.69) is 48.0 Å². The van der Waals surface area contributed by atoms with Gasteiger partial charge in [-0.25, -0.2) is 18.3 Å². The minimum Gasteiger partial charge on any atom is -1.00 e. The van der Waals surface area contributed by atoms with Crippen LogP contribution in [0.25, 0.3) is 0 Å². The van der Waals surface area contributed by atoms with Crippen molar-refractivity contribution >= 4 is 7.25 Å². The molecule has 2 rings (SSSR count). The van der Waals surface area contributed by atoms with Gasteiger partial charge in [0.1, 0.15) is 24.8 Å². The van der Waals surface area contributed by atoms with Crippen LogP contribution in [0.15, 0.2) is 37.4 Å². The summed E-state index contributed by atoms with van der Waals surface area (Å²) in [5, 5.41) is 0. The molecule has 0 unspecified atom stereocenters. The van der Waals surface area contributed by atoms with Crippen LogP contribution in [0.1, 0.15) is 13.8 Å². The molecule has 0 bridgehead atoms. The van der Waals surface area contributed by atoms with Crippen LogP contribution in [-0.4, -0.2) is 16.4 Å². The lowest BCUT2D eigenvalue weighted by molar-refractivity contribution is -0.671. The zero-order chi connectivity index (χ0) is 16.5. The highest BCUT2D eigenvalue weighted by Crippen LogP contribution is 2.06. The van der Waals surface area contributed by atoms with Gasteiger partial charge >= 0.3 is 7.25 Å². The minimum atomic E-state index is -6.00. The summed E-state index contributed by atoms with van der Waals surface area (Å²) in [7, 11) is -1.96. The maximum Gasteiger partial charge on any atom is 0.673 e. The van der Waals surface area contributed by atoms with E-state index >= 15 is 0 Å². The number of halogens is 5. The lowest BCUT2D eigenvalue weighted by Gasteiger charge is -1.94. The molecule has 0 atom stereocenters. The molecule has 128 valence electrons. The first-order valence-corrected chi connectivity index (χ1v) is 6.55. The maximum absolute atomic E-state index is 9.75. The molecule has 0 amide bonds. The van der Waals surface area contributed by atoms with Gasteiger partial charge in [-0.2, -0.15) is 0 Å². The van der Waals surface area contributed by atoms with Crippen molar-refractivity contribution in [2.75, 3.05) is 0 Å². The fourth-order valence-electron chi connectivity index (χ4n) is 1.38. The molecule has 2 aromatic rings. The van der Waals surface area contributed by atoms with Gasteiger partial charge in [0.25, 0.3) is 0 Å². The molecule has 0 aromatic carbocycles. The van der Waals surface area contributed by atoms with Gasteiger partial charge in [-0.3, -0.25) is 0 Å². The quantitative estimate of drug-likeness (QED) is 0.356. The van der Waals surface area contributed by atoms with Gasteiger partial charge in [-0.15, -0.1) is 0 Å². The number of hydrogen-bond acceptors (Lipinski definition) is 0. The van der Waals surface area contributed by atoms with E-state index in [1.165, 1.54) is 0 Å². The fourth-order valence-corrected chi connectivity index (χ4v) is 1.38. The van der Waals surface area contributed by atoms with Crippen molar-refractivity contribution in [2.24, 2.45) is 14.1 Å². The lowest BCUT2D eigenvalue weighted by atomic mass is 10.3. The zero-order valence-corrected chi connectivity index (χ0v) is 14.7. The monoisotopic (exact) mass is 388 g/mol. The molecular formula is C12H22BBrF4N4. The van der Waals surface area contributed by atoms with Gasteiger partial charge in [-0.05, 0) is 13.8 Å². The fraction of sp³-hybridized carbons (Fsp3) is 0.500. The van der Waals surface area contributed by atoms with E-state index in [0.717, 1.165) is 13.1 Å². The summed E-state index contributed by atoms with van der Waals surface area (Å²) in [5.41, 5.74) is 0. The molecule has 0 fully saturated rings. The molecule has 4 nitrogen and oxygen atoms in total. The second kappa shape index (κ2) is 11.3. The molecule has 0 aliphatic carbocycles. The largest absolute Gasteiger partial charge is 1.00 e. The second-order valence-corrected chi connectivity index (χ2v) is 4.31. The zero-order valence-electron chi connectivity index (χ0n) is 13.1. The van der Waals surface area contributed by atoms with E-state index < -0.39 is 7.25 Å². The standard InChI is InChI=1S/2C6H11N2.BF4.BrH/c2*1-3-8-5-4-7(2)6-8;2-1(3,4)5;/h2*4-6H,3H2,1-2H3;;1H/q2*+1;-1;/p-1. The first-order valence-electron chi connectivity index (χ1n) is 6.55. The SMILES string of the molecule is CCn1cc[n+](C)c1.CCn1cc[n+](C)c1.F[B-](F)(F)F.[Br-]. The number of imidazole rings is 2. The van der Waals surface area contributed by atoms with Crippen molar-refractivity contribution in [1.29, 1.82) is 0 Å². The van der Waals surface area contributed by atoms with Crippen molar-refractivity contribution in [3.05, 3.63) is 37.4 Å². The molecule has 0 aliphatic rings. The smallest absolute Gasteiger partial charge is 0.673 e. The predicted octanol–water partition coefficient (Wildman–Crippen LogP) is -1.03. The van der Waals surface area contributed by atoms with E-state index in [0.29, 0.717) is 0 Å². The van der Waals surface area contributed by atoms with Crippen molar-refractivity contribution < 1.29 is 43.4 Å². The molecule has 0 saturated carbocycles. The van der Waals surface area contributed by atoms with Crippen LogP contribution in [0.4, 0.5) is 17.3 Å². The second-order valence-electron chi connectivity index (χ2n) is 4.31. The molecule has 10 heteroatoms. The highest BCUT2D eigenvalue weighted by atomic mass is 79.9. The Kier molecular flexibility index (Phi) is 11.8. The van der Waals surface area contributed by atoms with E-state index in [4.69, 9.17) is 0 Å². The third-order valence-corrected chi connectivity index (χ3v) is 2.38. The molecule has 2 aromatic heterocycles. The normalized spacial score (nSPS) is 9.82. The van der Waals surface area contributed by atoms with E-state index in [1.807, 2.05) is 35.6 Å². The topological polar surface area (TPSA) is 17.6 Å². The Bertz CT molecular complexity index is 467. The molecule has 2 heterocycles. The van der Waals surface area contributed by atoms with E-state index in [-0.39, 0.29) is 17.0 Å². The van der Waals surface area contributed by atoms with Gasteiger partial charge < -0.3 is 34.2 Å². The van der Waals surface area contributed by atoms with Crippen LogP contribution in [0.2, 0.25) is 0 Å². The van der Waals surface area contributed by atoms with Gasteiger partial charge in [0, 0.05) is 0 Å². The summed E-state index contributed by atoms with van der Waals surface area (Å²) >= 11 is 0. The highest BCUT2D eigenvalue weighted by Gasteiger charge is 2.20. The van der Waals surface area contributed by atoms with Crippen molar-refractivity contribution in [3.63, 3.8) is 0 Å². The Balaban J connectivity index is 0. The number of hydrogen-bond donors (Lipinski definition) is 0. The van der Waals surface area contributed by atoms with E-state index in [9.17, 15) is 17.3 Å². The molecule has 0 saturated heterocycles. The van der Waals surface area contributed by atoms with Crippen LogP contribution in [-0.2, 0) is 27.2 Å². The molecule has 22 heavy (non-hydrogen) atoms. The summed E-state index contributed by atoms with van der Waals surface area (Å²) < 4.78 is 47.3.